The second-order valence-corrected chi connectivity index (χ2v) is 4.16. The van der Waals surface area contributed by atoms with E-state index in [0.29, 0.717) is 12.3 Å². The van der Waals surface area contributed by atoms with Crippen LogP contribution in [0, 0.1) is 5.82 Å². The number of halogens is 1. The maximum absolute atomic E-state index is 13.4. The molecule has 0 amide bonds. The fourth-order valence-corrected chi connectivity index (χ4v) is 1.89. The third-order valence-corrected chi connectivity index (χ3v) is 2.93. The van der Waals surface area contributed by atoms with Crippen LogP contribution in [0.25, 0.3) is 0 Å². The summed E-state index contributed by atoms with van der Waals surface area (Å²) in [5.74, 6) is 0.405. The van der Waals surface area contributed by atoms with Gasteiger partial charge in [0.15, 0.2) is 0 Å². The van der Waals surface area contributed by atoms with E-state index in [4.69, 9.17) is 10.5 Å². The predicted octanol–water partition coefficient (Wildman–Crippen LogP) is 3.57. The Morgan fingerprint density at radius 3 is 2.47 bits per heavy atom. The highest BCUT2D eigenvalue weighted by Gasteiger charge is 2.10. The zero-order valence-corrected chi connectivity index (χ0v) is 11.1. The zero-order valence-electron chi connectivity index (χ0n) is 11.1. The van der Waals surface area contributed by atoms with Crippen LogP contribution >= 0.6 is 0 Å². The molecule has 0 fully saturated rings. The van der Waals surface area contributed by atoms with E-state index in [9.17, 15) is 4.39 Å². The monoisotopic (exact) mass is 260 g/mol. The van der Waals surface area contributed by atoms with Crippen molar-refractivity contribution in [2.45, 2.75) is 6.92 Å². The van der Waals surface area contributed by atoms with Crippen LogP contribution in [0.4, 0.5) is 21.5 Å². The molecule has 0 spiro atoms. The van der Waals surface area contributed by atoms with Crippen molar-refractivity contribution in [1.29, 1.82) is 0 Å². The summed E-state index contributed by atoms with van der Waals surface area (Å²) in [5.41, 5.74) is 7.47. The van der Waals surface area contributed by atoms with Crippen LogP contribution in [0.15, 0.2) is 42.5 Å². The second kappa shape index (κ2) is 5.61. The standard InChI is InChI=1S/C15H17FN2O/c1-3-19-12-9-7-11(8-10-12)18(2)14-6-4-5-13(16)15(14)17/h4-10H,3,17H2,1-2H3. The van der Waals surface area contributed by atoms with Crippen molar-refractivity contribution in [3.8, 4) is 5.75 Å². The molecule has 100 valence electrons. The lowest BCUT2D eigenvalue weighted by molar-refractivity contribution is 0.340. The molecule has 0 aromatic heterocycles. The Labute approximate surface area is 112 Å². The number of benzene rings is 2. The van der Waals surface area contributed by atoms with Crippen LogP contribution in [0.1, 0.15) is 6.92 Å². The highest BCUT2D eigenvalue weighted by atomic mass is 19.1. The van der Waals surface area contributed by atoms with E-state index in [1.807, 2.05) is 43.1 Å². The van der Waals surface area contributed by atoms with E-state index >= 15 is 0 Å². The molecule has 0 aliphatic rings. The molecule has 19 heavy (non-hydrogen) atoms. The first-order valence-corrected chi connectivity index (χ1v) is 6.14. The molecule has 2 aromatic rings. The number of nitrogens with zero attached hydrogens (tertiary/aromatic N) is 1. The number of para-hydroxylation sites is 1. The van der Waals surface area contributed by atoms with Gasteiger partial charge in [0.1, 0.15) is 11.6 Å². The Bertz CT molecular complexity index is 555. The van der Waals surface area contributed by atoms with Gasteiger partial charge in [-0.05, 0) is 43.3 Å². The first-order chi connectivity index (χ1) is 9.13. The molecule has 3 nitrogen and oxygen atoms in total. The summed E-state index contributed by atoms with van der Waals surface area (Å²) in [6.07, 6.45) is 0. The van der Waals surface area contributed by atoms with E-state index in [1.54, 1.807) is 12.1 Å². The van der Waals surface area contributed by atoms with Crippen LogP contribution in [-0.2, 0) is 0 Å². The number of anilines is 3. The largest absolute Gasteiger partial charge is 0.494 e. The third kappa shape index (κ3) is 2.78. The fourth-order valence-electron chi connectivity index (χ4n) is 1.89. The Kier molecular flexibility index (Phi) is 3.90. The van der Waals surface area contributed by atoms with Crippen LogP contribution in [0.2, 0.25) is 0 Å². The highest BCUT2D eigenvalue weighted by molar-refractivity contribution is 5.74. The van der Waals surface area contributed by atoms with Crippen molar-refractivity contribution in [2.24, 2.45) is 0 Å². The summed E-state index contributed by atoms with van der Waals surface area (Å²) in [4.78, 5) is 1.84. The molecule has 0 heterocycles. The minimum atomic E-state index is -0.407. The van der Waals surface area contributed by atoms with Gasteiger partial charge in [-0.2, -0.15) is 0 Å². The molecular weight excluding hydrogens is 243 g/mol. The van der Waals surface area contributed by atoms with E-state index in [2.05, 4.69) is 0 Å². The lowest BCUT2D eigenvalue weighted by Crippen LogP contribution is -2.12. The highest BCUT2D eigenvalue weighted by Crippen LogP contribution is 2.31. The lowest BCUT2D eigenvalue weighted by Gasteiger charge is -2.21. The van der Waals surface area contributed by atoms with Crippen molar-refractivity contribution in [3.63, 3.8) is 0 Å². The third-order valence-electron chi connectivity index (χ3n) is 2.93. The van der Waals surface area contributed by atoms with Crippen molar-refractivity contribution in [2.75, 3.05) is 24.3 Å². The molecule has 2 aromatic carbocycles. The van der Waals surface area contributed by atoms with Crippen molar-refractivity contribution >= 4 is 17.1 Å². The van der Waals surface area contributed by atoms with Gasteiger partial charge in [0.2, 0.25) is 0 Å². The smallest absolute Gasteiger partial charge is 0.148 e. The number of rotatable bonds is 4. The quantitative estimate of drug-likeness (QED) is 0.854. The minimum Gasteiger partial charge on any atom is -0.494 e. The van der Waals surface area contributed by atoms with Gasteiger partial charge in [0.25, 0.3) is 0 Å². The average molecular weight is 260 g/mol. The van der Waals surface area contributed by atoms with Gasteiger partial charge in [0.05, 0.1) is 18.0 Å². The molecule has 0 radical (unpaired) electrons. The van der Waals surface area contributed by atoms with Crippen LogP contribution in [0.5, 0.6) is 5.75 Å². The van der Waals surface area contributed by atoms with Gasteiger partial charge in [-0.3, -0.25) is 0 Å². The number of hydrogen-bond acceptors (Lipinski definition) is 3. The van der Waals surface area contributed by atoms with E-state index < -0.39 is 5.82 Å². The van der Waals surface area contributed by atoms with Gasteiger partial charge in [-0.25, -0.2) is 4.39 Å². The maximum atomic E-state index is 13.4. The summed E-state index contributed by atoms with van der Waals surface area (Å²) in [7, 11) is 1.85. The van der Waals surface area contributed by atoms with Gasteiger partial charge in [-0.1, -0.05) is 6.07 Å². The van der Waals surface area contributed by atoms with Crippen LogP contribution in [-0.4, -0.2) is 13.7 Å². The minimum absolute atomic E-state index is 0.152. The number of nitrogen functional groups attached to an aromatic ring is 1. The lowest BCUT2D eigenvalue weighted by atomic mass is 10.2. The number of ether oxygens (including phenoxy) is 1. The molecule has 0 saturated heterocycles. The van der Waals surface area contributed by atoms with Crippen molar-refractivity contribution in [1.82, 2.24) is 0 Å². The summed E-state index contributed by atoms with van der Waals surface area (Å²) in [6.45, 7) is 2.57. The Morgan fingerprint density at radius 1 is 1.16 bits per heavy atom. The van der Waals surface area contributed by atoms with Crippen molar-refractivity contribution < 1.29 is 9.13 Å². The molecule has 0 atom stereocenters. The Hall–Kier alpha value is -2.23. The van der Waals surface area contributed by atoms with Gasteiger partial charge in [0, 0.05) is 12.7 Å². The Morgan fingerprint density at radius 2 is 1.84 bits per heavy atom. The predicted molar refractivity (Wildman–Crippen MR) is 76.5 cm³/mol. The van der Waals surface area contributed by atoms with Gasteiger partial charge < -0.3 is 15.4 Å². The molecule has 4 heteroatoms. The molecule has 0 bridgehead atoms. The zero-order chi connectivity index (χ0) is 13.8. The van der Waals surface area contributed by atoms with Gasteiger partial charge >= 0.3 is 0 Å². The molecule has 0 unspecified atom stereocenters. The molecule has 0 aliphatic carbocycles. The van der Waals surface area contributed by atoms with Crippen LogP contribution in [0.3, 0.4) is 0 Å². The Balaban J connectivity index is 2.28. The van der Waals surface area contributed by atoms with Gasteiger partial charge in [-0.15, -0.1) is 0 Å². The molecule has 0 saturated carbocycles. The molecule has 2 N–H and O–H groups in total. The second-order valence-electron chi connectivity index (χ2n) is 4.16. The number of nitrogens with two attached hydrogens (primary N) is 1. The van der Waals surface area contributed by atoms with E-state index in [0.717, 1.165) is 11.4 Å². The molecule has 0 aliphatic heterocycles. The summed E-state index contributed by atoms with van der Waals surface area (Å²) < 4.78 is 18.8. The maximum Gasteiger partial charge on any atom is 0.148 e. The molecule has 2 rings (SSSR count). The first kappa shape index (κ1) is 13.2. The SMILES string of the molecule is CCOc1ccc(N(C)c2cccc(F)c2N)cc1. The molecular formula is C15H17FN2O. The summed E-state index contributed by atoms with van der Waals surface area (Å²) >= 11 is 0. The van der Waals surface area contributed by atoms with Crippen LogP contribution < -0.4 is 15.4 Å². The normalized spacial score (nSPS) is 10.3. The first-order valence-electron chi connectivity index (χ1n) is 6.14. The van der Waals surface area contributed by atoms with E-state index in [1.165, 1.54) is 6.07 Å². The van der Waals surface area contributed by atoms with E-state index in [-0.39, 0.29) is 5.69 Å². The average Bonchev–Trinajstić information content (AvgIpc) is 2.42. The number of hydrogen-bond donors (Lipinski definition) is 1. The summed E-state index contributed by atoms with van der Waals surface area (Å²) in [5, 5.41) is 0. The summed E-state index contributed by atoms with van der Waals surface area (Å²) in [6, 6.07) is 12.4. The fraction of sp³-hybridized carbons (Fsp3) is 0.200. The topological polar surface area (TPSA) is 38.5 Å². The van der Waals surface area contributed by atoms with Crippen molar-refractivity contribution in [3.05, 3.63) is 48.3 Å².